The van der Waals surface area contributed by atoms with Gasteiger partial charge < -0.3 is 25.6 Å². The molecule has 0 radical (unpaired) electrons. The van der Waals surface area contributed by atoms with Crippen molar-refractivity contribution in [3.8, 4) is 5.75 Å². The van der Waals surface area contributed by atoms with Gasteiger partial charge in [0.1, 0.15) is 18.3 Å². The maximum Gasteiger partial charge on any atom is 0.254 e. The van der Waals surface area contributed by atoms with Crippen molar-refractivity contribution in [3.63, 3.8) is 0 Å². The summed E-state index contributed by atoms with van der Waals surface area (Å²) in [7, 11) is 0. The average molecular weight is 407 g/mol. The summed E-state index contributed by atoms with van der Waals surface area (Å²) in [5.74, 6) is -3.09. The molecule has 1 atom stereocenters. The van der Waals surface area contributed by atoms with E-state index in [2.05, 4.69) is 5.32 Å². The largest absolute Gasteiger partial charge is 0.488 e. The Labute approximate surface area is 166 Å². The molecule has 0 spiro atoms. The number of aliphatic hydroxyl groups is 1. The number of benzene rings is 2. The lowest BCUT2D eigenvalue weighted by Crippen LogP contribution is -2.32. The fourth-order valence-electron chi connectivity index (χ4n) is 2.60. The zero-order valence-electron chi connectivity index (χ0n) is 15.9. The molecule has 0 aromatic heterocycles. The van der Waals surface area contributed by atoms with E-state index in [1.54, 1.807) is 31.2 Å². The van der Waals surface area contributed by atoms with E-state index in [9.17, 15) is 13.6 Å². The maximum atomic E-state index is 14.7. The number of amides is 1. The molecular weight excluding hydrogens is 384 g/mol. The first-order chi connectivity index (χ1) is 13.9. The molecule has 2 aromatic carbocycles. The first-order valence-corrected chi connectivity index (χ1v) is 8.93. The minimum atomic E-state index is -1.52. The Bertz CT molecular complexity index is 860. The summed E-state index contributed by atoms with van der Waals surface area (Å²) in [6, 6.07) is 8.68. The number of carbonyl (C=O) groups excluding carboxylic acids is 1. The van der Waals surface area contributed by atoms with E-state index < -0.39 is 29.2 Å². The minimum Gasteiger partial charge on any atom is -0.488 e. The Morgan fingerprint density at radius 2 is 1.93 bits per heavy atom. The molecule has 0 unspecified atom stereocenters. The van der Waals surface area contributed by atoms with Crippen LogP contribution in [0.5, 0.6) is 5.75 Å². The van der Waals surface area contributed by atoms with Crippen molar-refractivity contribution in [1.82, 2.24) is 5.32 Å². The number of nitrogen functional groups attached to an aromatic ring is 1. The average Bonchev–Trinajstić information content (AvgIpc) is 2.71. The number of halogens is 2. The van der Waals surface area contributed by atoms with E-state index in [-0.39, 0.29) is 38.0 Å². The summed E-state index contributed by atoms with van der Waals surface area (Å²) in [5.41, 5.74) is 6.08. The van der Waals surface area contributed by atoms with Gasteiger partial charge in [-0.05, 0) is 24.6 Å². The molecule has 0 fully saturated rings. The molecule has 0 bridgehead atoms. The van der Waals surface area contributed by atoms with Crippen molar-refractivity contribution in [2.45, 2.75) is 19.6 Å². The van der Waals surface area contributed by atoms with Crippen LogP contribution in [0.3, 0.4) is 0 Å². The van der Waals surface area contributed by atoms with Gasteiger partial charge in [-0.3, -0.25) is 10.2 Å². The van der Waals surface area contributed by atoms with Crippen molar-refractivity contribution in [2.75, 3.05) is 19.8 Å². The zero-order chi connectivity index (χ0) is 21.4. The van der Waals surface area contributed by atoms with Gasteiger partial charge in [0.15, 0.2) is 17.7 Å². The second-order valence-electron chi connectivity index (χ2n) is 6.01. The Hall–Kier alpha value is -3.04. The predicted octanol–water partition coefficient (Wildman–Crippen LogP) is 2.01. The van der Waals surface area contributed by atoms with E-state index in [4.69, 9.17) is 25.7 Å². The van der Waals surface area contributed by atoms with Crippen LogP contribution in [-0.4, -0.2) is 36.7 Å². The number of nitrogens with one attached hydrogen (secondary N) is 2. The molecule has 0 aliphatic rings. The molecule has 9 heteroatoms. The first-order valence-electron chi connectivity index (χ1n) is 8.93. The van der Waals surface area contributed by atoms with E-state index in [1.807, 2.05) is 0 Å². The smallest absolute Gasteiger partial charge is 0.254 e. The molecule has 0 saturated heterocycles. The monoisotopic (exact) mass is 407 g/mol. The number of aliphatic hydroxyl groups excluding tert-OH is 1. The SMILES string of the molecule is CCO[C@H](C(=O)NCc1ccc(C(=N)N)cc1)c1c(F)ccc(OCCO)c1F. The Balaban J connectivity index is 2.20. The summed E-state index contributed by atoms with van der Waals surface area (Å²) < 4.78 is 39.4. The molecule has 5 N–H and O–H groups in total. The quantitative estimate of drug-likeness (QED) is 0.355. The lowest BCUT2D eigenvalue weighted by atomic mass is 10.1. The molecule has 29 heavy (non-hydrogen) atoms. The van der Waals surface area contributed by atoms with Crippen LogP contribution in [0.25, 0.3) is 0 Å². The van der Waals surface area contributed by atoms with E-state index in [1.165, 1.54) is 0 Å². The minimum absolute atomic E-state index is 0.0476. The van der Waals surface area contributed by atoms with Crippen LogP contribution in [0.15, 0.2) is 36.4 Å². The molecule has 0 heterocycles. The molecule has 2 aromatic rings. The fourth-order valence-corrected chi connectivity index (χ4v) is 2.60. The topological polar surface area (TPSA) is 118 Å². The van der Waals surface area contributed by atoms with Gasteiger partial charge in [-0.1, -0.05) is 24.3 Å². The molecule has 156 valence electrons. The van der Waals surface area contributed by atoms with Gasteiger partial charge in [0.2, 0.25) is 0 Å². The summed E-state index contributed by atoms with van der Waals surface area (Å²) in [5, 5.41) is 18.8. The van der Waals surface area contributed by atoms with Crippen LogP contribution in [0.2, 0.25) is 0 Å². The summed E-state index contributed by atoms with van der Waals surface area (Å²) >= 11 is 0. The van der Waals surface area contributed by atoms with Crippen LogP contribution in [0.4, 0.5) is 8.78 Å². The summed E-state index contributed by atoms with van der Waals surface area (Å²) in [6.45, 7) is 1.22. The highest BCUT2D eigenvalue weighted by Crippen LogP contribution is 2.30. The number of rotatable bonds is 10. The van der Waals surface area contributed by atoms with Gasteiger partial charge in [-0.2, -0.15) is 0 Å². The normalized spacial score (nSPS) is 11.7. The lowest BCUT2D eigenvalue weighted by molar-refractivity contribution is -0.133. The van der Waals surface area contributed by atoms with Gasteiger partial charge >= 0.3 is 0 Å². The molecule has 0 aliphatic heterocycles. The standard InChI is InChI=1S/C20H23F2N3O4/c1-2-28-18(16-14(21)7-8-15(17(16)22)29-10-9-26)20(27)25-11-12-3-5-13(6-4-12)19(23)24/h3-8,18,26H,2,9-11H2,1H3,(H3,23,24)(H,25,27)/t18-/m0/s1. The highest BCUT2D eigenvalue weighted by molar-refractivity contribution is 5.94. The van der Waals surface area contributed by atoms with Gasteiger partial charge in [-0.25, -0.2) is 8.78 Å². The van der Waals surface area contributed by atoms with Crippen LogP contribution >= 0.6 is 0 Å². The third-order valence-electron chi connectivity index (χ3n) is 4.01. The summed E-state index contributed by atoms with van der Waals surface area (Å²) in [4.78, 5) is 12.6. The van der Waals surface area contributed by atoms with E-state index in [0.29, 0.717) is 11.1 Å². The van der Waals surface area contributed by atoms with Crippen molar-refractivity contribution >= 4 is 11.7 Å². The Kier molecular flexibility index (Phi) is 8.05. The van der Waals surface area contributed by atoms with Crippen molar-refractivity contribution in [3.05, 3.63) is 64.7 Å². The third kappa shape index (κ3) is 5.72. The summed E-state index contributed by atoms with van der Waals surface area (Å²) in [6.07, 6.45) is -1.52. The van der Waals surface area contributed by atoms with Crippen molar-refractivity contribution in [2.24, 2.45) is 5.73 Å². The molecule has 2 rings (SSSR count). The zero-order valence-corrected chi connectivity index (χ0v) is 15.9. The number of hydrogen-bond acceptors (Lipinski definition) is 5. The van der Waals surface area contributed by atoms with Gasteiger partial charge in [0, 0.05) is 18.7 Å². The van der Waals surface area contributed by atoms with E-state index in [0.717, 1.165) is 12.1 Å². The molecule has 0 saturated carbocycles. The number of carbonyl (C=O) groups is 1. The van der Waals surface area contributed by atoms with Crippen LogP contribution in [0.1, 0.15) is 29.7 Å². The first kappa shape index (κ1) is 22.3. The number of hydrogen-bond donors (Lipinski definition) is 4. The number of ether oxygens (including phenoxy) is 2. The predicted molar refractivity (Wildman–Crippen MR) is 103 cm³/mol. The Morgan fingerprint density at radius 3 is 2.52 bits per heavy atom. The van der Waals surface area contributed by atoms with Crippen LogP contribution in [0, 0.1) is 17.0 Å². The number of nitrogens with two attached hydrogens (primary N) is 1. The lowest BCUT2D eigenvalue weighted by Gasteiger charge is -2.20. The second-order valence-corrected chi connectivity index (χ2v) is 6.01. The fraction of sp³-hybridized carbons (Fsp3) is 0.300. The van der Waals surface area contributed by atoms with Gasteiger partial charge in [0.05, 0.1) is 12.2 Å². The highest BCUT2D eigenvalue weighted by Gasteiger charge is 2.29. The molecule has 1 amide bonds. The van der Waals surface area contributed by atoms with Gasteiger partial charge in [-0.15, -0.1) is 0 Å². The maximum absolute atomic E-state index is 14.7. The molecular formula is C20H23F2N3O4. The number of amidine groups is 1. The van der Waals surface area contributed by atoms with Crippen LogP contribution < -0.4 is 15.8 Å². The second kappa shape index (κ2) is 10.5. The molecule has 7 nitrogen and oxygen atoms in total. The molecule has 0 aliphatic carbocycles. The van der Waals surface area contributed by atoms with Crippen molar-refractivity contribution < 1.29 is 28.2 Å². The Morgan fingerprint density at radius 1 is 1.24 bits per heavy atom. The van der Waals surface area contributed by atoms with Gasteiger partial charge in [0.25, 0.3) is 5.91 Å². The highest BCUT2D eigenvalue weighted by atomic mass is 19.1. The van der Waals surface area contributed by atoms with E-state index >= 15 is 0 Å². The van der Waals surface area contributed by atoms with Crippen molar-refractivity contribution in [1.29, 1.82) is 5.41 Å². The third-order valence-corrected chi connectivity index (χ3v) is 4.01. The van der Waals surface area contributed by atoms with Crippen LogP contribution in [-0.2, 0) is 16.1 Å².